The van der Waals surface area contributed by atoms with E-state index in [4.69, 9.17) is 4.74 Å². The molecule has 2 amide bonds. The maximum Gasteiger partial charge on any atom is 0.278 e. The van der Waals surface area contributed by atoms with Gasteiger partial charge in [0.25, 0.3) is 11.8 Å². The van der Waals surface area contributed by atoms with Gasteiger partial charge in [-0.05, 0) is 55.7 Å². The van der Waals surface area contributed by atoms with Gasteiger partial charge in [-0.15, -0.1) is 0 Å². The van der Waals surface area contributed by atoms with E-state index < -0.39 is 0 Å². The summed E-state index contributed by atoms with van der Waals surface area (Å²) in [7, 11) is 3.97. The van der Waals surface area contributed by atoms with Crippen LogP contribution in [-0.2, 0) is 14.3 Å². The molecular formula is C27H34N4O3. The normalized spacial score (nSPS) is 17.0. The molecule has 0 aliphatic carbocycles. The predicted octanol–water partition coefficient (Wildman–Crippen LogP) is 3.28. The van der Waals surface area contributed by atoms with Crippen LogP contribution in [0.5, 0.6) is 0 Å². The number of nitrogens with one attached hydrogen (secondary N) is 1. The SMILES string of the molecule is Cc1ccc(C2=C(Nc3ccc(N(C)C)cc3)C(=O)N(CCCN3CCOCC3)C2=O)c(C)c1. The number of rotatable bonds is 8. The molecule has 2 aliphatic heterocycles. The van der Waals surface area contributed by atoms with Crippen LogP contribution in [0.15, 0.2) is 48.2 Å². The summed E-state index contributed by atoms with van der Waals surface area (Å²) in [6, 6.07) is 13.8. The molecule has 0 radical (unpaired) electrons. The third-order valence-corrected chi connectivity index (χ3v) is 6.43. The molecule has 0 spiro atoms. The van der Waals surface area contributed by atoms with Gasteiger partial charge in [0.15, 0.2) is 0 Å². The van der Waals surface area contributed by atoms with Crippen molar-refractivity contribution in [3.05, 3.63) is 64.9 Å². The number of anilines is 2. The van der Waals surface area contributed by atoms with Crippen LogP contribution in [0, 0.1) is 13.8 Å². The molecule has 1 saturated heterocycles. The molecule has 0 unspecified atom stereocenters. The minimum atomic E-state index is -0.265. The molecule has 4 rings (SSSR count). The van der Waals surface area contributed by atoms with E-state index in [0.29, 0.717) is 17.8 Å². The number of aryl methyl sites for hydroxylation is 2. The summed E-state index contributed by atoms with van der Waals surface area (Å²) in [6.45, 7) is 8.50. The number of hydrogen-bond donors (Lipinski definition) is 1. The molecule has 7 heteroatoms. The molecule has 0 bridgehead atoms. The lowest BCUT2D eigenvalue weighted by molar-refractivity contribution is -0.136. The zero-order valence-corrected chi connectivity index (χ0v) is 20.6. The highest BCUT2D eigenvalue weighted by atomic mass is 16.5. The second kappa shape index (κ2) is 10.4. The van der Waals surface area contributed by atoms with E-state index in [1.54, 1.807) is 0 Å². The van der Waals surface area contributed by atoms with Crippen molar-refractivity contribution in [1.82, 2.24) is 9.80 Å². The number of imide groups is 1. The Morgan fingerprint density at radius 2 is 1.65 bits per heavy atom. The van der Waals surface area contributed by atoms with Crippen LogP contribution in [0.25, 0.3) is 5.57 Å². The summed E-state index contributed by atoms with van der Waals surface area (Å²) in [4.78, 5) is 32.8. The molecule has 180 valence electrons. The zero-order chi connectivity index (χ0) is 24.2. The summed E-state index contributed by atoms with van der Waals surface area (Å²) in [5.41, 5.74) is 5.54. The lowest BCUT2D eigenvalue weighted by atomic mass is 9.97. The van der Waals surface area contributed by atoms with Crippen molar-refractivity contribution in [3.8, 4) is 0 Å². The van der Waals surface area contributed by atoms with Crippen LogP contribution in [-0.4, -0.2) is 75.1 Å². The van der Waals surface area contributed by atoms with E-state index in [-0.39, 0.29) is 11.8 Å². The quantitative estimate of drug-likeness (QED) is 0.608. The molecule has 0 aromatic heterocycles. The van der Waals surface area contributed by atoms with Crippen molar-refractivity contribution < 1.29 is 14.3 Å². The lowest BCUT2D eigenvalue weighted by Crippen LogP contribution is -2.39. The average molecular weight is 463 g/mol. The fourth-order valence-electron chi connectivity index (χ4n) is 4.50. The van der Waals surface area contributed by atoms with Crippen molar-refractivity contribution in [1.29, 1.82) is 0 Å². The molecule has 2 aliphatic rings. The van der Waals surface area contributed by atoms with Gasteiger partial charge in [-0.2, -0.15) is 0 Å². The third kappa shape index (κ3) is 5.16. The molecular weight excluding hydrogens is 428 g/mol. The second-order valence-corrected chi connectivity index (χ2v) is 9.20. The summed E-state index contributed by atoms with van der Waals surface area (Å²) in [5, 5.41) is 3.27. The fraction of sp³-hybridized carbons (Fsp3) is 0.407. The number of benzene rings is 2. The van der Waals surface area contributed by atoms with Crippen molar-refractivity contribution in [3.63, 3.8) is 0 Å². The highest BCUT2D eigenvalue weighted by Gasteiger charge is 2.39. The Morgan fingerprint density at radius 1 is 0.941 bits per heavy atom. The number of ether oxygens (including phenoxy) is 1. The zero-order valence-electron chi connectivity index (χ0n) is 20.6. The molecule has 0 saturated carbocycles. The molecule has 34 heavy (non-hydrogen) atoms. The highest BCUT2D eigenvalue weighted by Crippen LogP contribution is 2.33. The third-order valence-electron chi connectivity index (χ3n) is 6.43. The second-order valence-electron chi connectivity index (χ2n) is 9.20. The van der Waals surface area contributed by atoms with Gasteiger partial charge in [-0.1, -0.05) is 23.8 Å². The van der Waals surface area contributed by atoms with Crippen LogP contribution < -0.4 is 10.2 Å². The monoisotopic (exact) mass is 462 g/mol. The number of carbonyl (C=O) groups excluding carboxylic acids is 2. The molecule has 0 atom stereocenters. The first-order valence-corrected chi connectivity index (χ1v) is 11.9. The first-order valence-electron chi connectivity index (χ1n) is 11.9. The first-order chi connectivity index (χ1) is 16.3. The Kier molecular flexibility index (Phi) is 7.34. The minimum Gasteiger partial charge on any atom is -0.379 e. The number of nitrogens with zero attached hydrogens (tertiary/aromatic N) is 3. The molecule has 1 fully saturated rings. The Hall–Kier alpha value is -3.16. The molecule has 2 heterocycles. The van der Waals surface area contributed by atoms with E-state index >= 15 is 0 Å². The predicted molar refractivity (Wildman–Crippen MR) is 136 cm³/mol. The largest absolute Gasteiger partial charge is 0.379 e. The highest BCUT2D eigenvalue weighted by molar-refractivity contribution is 6.36. The fourth-order valence-corrected chi connectivity index (χ4v) is 4.50. The van der Waals surface area contributed by atoms with Crippen LogP contribution >= 0.6 is 0 Å². The smallest absolute Gasteiger partial charge is 0.278 e. The van der Waals surface area contributed by atoms with Gasteiger partial charge in [-0.3, -0.25) is 19.4 Å². The Labute approximate surface area is 202 Å². The van der Waals surface area contributed by atoms with Gasteiger partial charge in [0.2, 0.25) is 0 Å². The summed E-state index contributed by atoms with van der Waals surface area (Å²) in [5.74, 6) is -0.495. The minimum absolute atomic E-state index is 0.230. The summed E-state index contributed by atoms with van der Waals surface area (Å²) >= 11 is 0. The first kappa shape index (κ1) is 24.0. The van der Waals surface area contributed by atoms with E-state index in [2.05, 4.69) is 10.2 Å². The maximum atomic E-state index is 13.5. The van der Waals surface area contributed by atoms with Gasteiger partial charge >= 0.3 is 0 Å². The molecule has 2 aromatic rings. The van der Waals surface area contributed by atoms with Gasteiger partial charge in [-0.25, -0.2) is 0 Å². The number of amides is 2. The van der Waals surface area contributed by atoms with Crippen molar-refractivity contribution in [2.45, 2.75) is 20.3 Å². The Balaban J connectivity index is 1.59. The number of morpholine rings is 1. The van der Waals surface area contributed by atoms with Gasteiger partial charge in [0.05, 0.1) is 18.8 Å². The maximum absolute atomic E-state index is 13.5. The van der Waals surface area contributed by atoms with E-state index in [0.717, 1.165) is 67.3 Å². The van der Waals surface area contributed by atoms with Gasteiger partial charge in [0.1, 0.15) is 5.70 Å². The lowest BCUT2D eigenvalue weighted by Gasteiger charge is -2.27. The Morgan fingerprint density at radius 3 is 2.29 bits per heavy atom. The molecule has 1 N–H and O–H groups in total. The summed E-state index contributed by atoms with van der Waals surface area (Å²) < 4.78 is 5.41. The van der Waals surface area contributed by atoms with Gasteiger partial charge in [0, 0.05) is 51.6 Å². The summed E-state index contributed by atoms with van der Waals surface area (Å²) in [6.07, 6.45) is 0.739. The van der Waals surface area contributed by atoms with Crippen LogP contribution in [0.1, 0.15) is 23.1 Å². The van der Waals surface area contributed by atoms with E-state index in [1.807, 2.05) is 75.3 Å². The van der Waals surface area contributed by atoms with E-state index in [9.17, 15) is 9.59 Å². The number of carbonyl (C=O) groups is 2. The van der Waals surface area contributed by atoms with Crippen molar-refractivity contribution in [2.75, 3.05) is 63.7 Å². The molecule has 2 aromatic carbocycles. The average Bonchev–Trinajstić information content (AvgIpc) is 3.04. The standard InChI is InChI=1S/C27H34N4O3/c1-19-6-11-23(20(2)18-19)24-25(28-21-7-9-22(10-8-21)29(3)4)27(33)31(26(24)32)13-5-12-30-14-16-34-17-15-30/h6-11,18,28H,5,12-17H2,1-4H3. The van der Waals surface area contributed by atoms with Crippen molar-refractivity contribution in [2.24, 2.45) is 0 Å². The van der Waals surface area contributed by atoms with Crippen molar-refractivity contribution >= 4 is 28.8 Å². The van der Waals surface area contributed by atoms with Crippen LogP contribution in [0.3, 0.4) is 0 Å². The topological polar surface area (TPSA) is 65.1 Å². The van der Waals surface area contributed by atoms with Gasteiger partial charge < -0.3 is 15.0 Å². The molecule has 7 nitrogen and oxygen atoms in total. The van der Waals surface area contributed by atoms with E-state index in [1.165, 1.54) is 4.90 Å². The van der Waals surface area contributed by atoms with Crippen LogP contribution in [0.4, 0.5) is 11.4 Å². The van der Waals surface area contributed by atoms with Crippen LogP contribution in [0.2, 0.25) is 0 Å². The Bertz CT molecular complexity index is 1090. The number of hydrogen-bond acceptors (Lipinski definition) is 6.